The van der Waals surface area contributed by atoms with Crippen LogP contribution in [0.2, 0.25) is 0 Å². The van der Waals surface area contributed by atoms with Crippen LogP contribution < -0.4 is 11.1 Å². The number of hydrogen-bond donors (Lipinski definition) is 2. The van der Waals surface area contributed by atoms with E-state index in [4.69, 9.17) is 5.73 Å². The van der Waals surface area contributed by atoms with E-state index in [0.717, 1.165) is 19.3 Å². The van der Waals surface area contributed by atoms with Gasteiger partial charge in [-0.15, -0.1) is 0 Å². The van der Waals surface area contributed by atoms with Gasteiger partial charge in [-0.2, -0.15) is 0 Å². The van der Waals surface area contributed by atoms with Crippen LogP contribution >= 0.6 is 0 Å². The van der Waals surface area contributed by atoms with Crippen LogP contribution in [-0.4, -0.2) is 61.9 Å². The summed E-state index contributed by atoms with van der Waals surface area (Å²) < 4.78 is 22.8. The maximum Gasteiger partial charge on any atom is 0.234 e. The minimum absolute atomic E-state index is 0.0780. The van der Waals surface area contributed by atoms with Gasteiger partial charge in [-0.25, -0.2) is 8.42 Å². The molecule has 2 heterocycles. The molecule has 0 saturated carbocycles. The average molecular weight is 303 g/mol. The number of amides is 1. The van der Waals surface area contributed by atoms with Crippen LogP contribution in [0.25, 0.3) is 0 Å². The quantitative estimate of drug-likeness (QED) is 0.730. The molecule has 2 fully saturated rings. The molecule has 20 heavy (non-hydrogen) atoms. The fraction of sp³-hybridized carbons (Fsp3) is 0.923. The molecule has 0 spiro atoms. The normalized spacial score (nSPS) is 34.0. The van der Waals surface area contributed by atoms with Gasteiger partial charge in [0.25, 0.3) is 0 Å². The number of hydrogen-bond acceptors (Lipinski definition) is 5. The molecule has 0 aromatic rings. The predicted molar refractivity (Wildman–Crippen MR) is 78.1 cm³/mol. The van der Waals surface area contributed by atoms with Gasteiger partial charge < -0.3 is 11.1 Å². The third-order valence-electron chi connectivity index (χ3n) is 4.39. The second-order valence-corrected chi connectivity index (χ2v) is 8.24. The average Bonchev–Trinajstić information content (AvgIpc) is 2.71. The minimum atomic E-state index is -2.95. The molecule has 0 aromatic carbocycles. The lowest BCUT2D eigenvalue weighted by atomic mass is 9.96. The summed E-state index contributed by atoms with van der Waals surface area (Å²) in [6, 6.07) is 0.399. The third kappa shape index (κ3) is 3.93. The molecule has 7 heteroatoms. The number of nitrogens with two attached hydrogens (primary N) is 1. The lowest BCUT2D eigenvalue weighted by Gasteiger charge is -2.39. The summed E-state index contributed by atoms with van der Waals surface area (Å²) in [6.07, 6.45) is 3.81. The third-order valence-corrected chi connectivity index (χ3v) is 6.16. The number of nitrogens with zero attached hydrogens (tertiary/aromatic N) is 1. The Bertz CT molecular complexity index is 452. The number of rotatable bonds is 4. The van der Waals surface area contributed by atoms with Crippen LogP contribution in [0.3, 0.4) is 0 Å². The van der Waals surface area contributed by atoms with E-state index in [1.54, 1.807) is 0 Å². The van der Waals surface area contributed by atoms with Crippen LogP contribution in [0.4, 0.5) is 0 Å². The zero-order chi connectivity index (χ0) is 14.8. The molecule has 116 valence electrons. The van der Waals surface area contributed by atoms with E-state index in [1.807, 2.05) is 0 Å². The molecule has 2 saturated heterocycles. The molecule has 2 rings (SSSR count). The Hall–Kier alpha value is -0.660. The largest absolute Gasteiger partial charge is 0.351 e. The monoisotopic (exact) mass is 303 g/mol. The van der Waals surface area contributed by atoms with Gasteiger partial charge in [0.1, 0.15) is 0 Å². The summed E-state index contributed by atoms with van der Waals surface area (Å²) in [6.45, 7) is 3.00. The van der Waals surface area contributed by atoms with Gasteiger partial charge in [0.15, 0.2) is 9.84 Å². The summed E-state index contributed by atoms with van der Waals surface area (Å²) in [5, 5.41) is 2.85. The first-order valence-electron chi connectivity index (χ1n) is 7.37. The molecule has 0 aliphatic carbocycles. The molecular weight excluding hydrogens is 278 g/mol. The van der Waals surface area contributed by atoms with E-state index in [1.165, 1.54) is 0 Å². The van der Waals surface area contributed by atoms with Crippen molar-refractivity contribution in [3.63, 3.8) is 0 Å². The van der Waals surface area contributed by atoms with Crippen molar-refractivity contribution in [3.8, 4) is 0 Å². The highest BCUT2D eigenvalue weighted by molar-refractivity contribution is 7.91. The number of likely N-dealkylation sites (tertiary alicyclic amines) is 1. The van der Waals surface area contributed by atoms with E-state index in [0.29, 0.717) is 25.6 Å². The van der Waals surface area contributed by atoms with E-state index in [-0.39, 0.29) is 29.5 Å². The van der Waals surface area contributed by atoms with Crippen LogP contribution in [-0.2, 0) is 14.6 Å². The number of carbonyl (C=O) groups is 1. The topological polar surface area (TPSA) is 92.5 Å². The summed E-state index contributed by atoms with van der Waals surface area (Å²) in [4.78, 5) is 14.3. The van der Waals surface area contributed by atoms with Crippen molar-refractivity contribution in [1.29, 1.82) is 0 Å². The molecule has 3 N–H and O–H groups in total. The Morgan fingerprint density at radius 2 is 2.10 bits per heavy atom. The highest BCUT2D eigenvalue weighted by Crippen LogP contribution is 2.21. The van der Waals surface area contributed by atoms with Crippen LogP contribution in [0.1, 0.15) is 32.6 Å². The number of sulfone groups is 1. The molecule has 3 unspecified atom stereocenters. The SMILES string of the molecule is CC1CCCC(CN)N1CC(=O)NC1CCS(=O)(=O)C1. The van der Waals surface area contributed by atoms with Crippen molar-refractivity contribution in [2.75, 3.05) is 24.6 Å². The Kier molecular flexibility index (Phi) is 5.04. The highest BCUT2D eigenvalue weighted by atomic mass is 32.2. The minimum Gasteiger partial charge on any atom is -0.351 e. The Morgan fingerprint density at radius 1 is 1.35 bits per heavy atom. The van der Waals surface area contributed by atoms with Gasteiger partial charge in [-0.3, -0.25) is 9.69 Å². The zero-order valence-corrected chi connectivity index (χ0v) is 12.9. The summed E-state index contributed by atoms with van der Waals surface area (Å²) in [5.41, 5.74) is 5.78. The standard InChI is InChI=1S/C13H25N3O3S/c1-10-3-2-4-12(7-14)16(10)8-13(17)15-11-5-6-20(18,19)9-11/h10-12H,2-9,14H2,1H3,(H,15,17). The van der Waals surface area contributed by atoms with E-state index >= 15 is 0 Å². The first-order valence-corrected chi connectivity index (χ1v) is 9.19. The Labute approximate surface area is 121 Å². The summed E-state index contributed by atoms with van der Waals surface area (Å²) in [7, 11) is -2.95. The van der Waals surface area contributed by atoms with Crippen molar-refractivity contribution in [3.05, 3.63) is 0 Å². The summed E-state index contributed by atoms with van der Waals surface area (Å²) in [5.74, 6) is 0.178. The van der Waals surface area contributed by atoms with E-state index in [2.05, 4.69) is 17.1 Å². The molecular formula is C13H25N3O3S. The van der Waals surface area contributed by atoms with Crippen molar-refractivity contribution in [1.82, 2.24) is 10.2 Å². The molecule has 6 nitrogen and oxygen atoms in total. The first-order chi connectivity index (χ1) is 9.41. The second-order valence-electron chi connectivity index (χ2n) is 6.01. The van der Waals surface area contributed by atoms with Crippen LogP contribution in [0.5, 0.6) is 0 Å². The molecule has 0 bridgehead atoms. The number of piperidine rings is 1. The van der Waals surface area contributed by atoms with Crippen molar-refractivity contribution in [2.45, 2.75) is 50.7 Å². The van der Waals surface area contributed by atoms with Gasteiger partial charge >= 0.3 is 0 Å². The smallest absolute Gasteiger partial charge is 0.234 e. The summed E-state index contributed by atoms with van der Waals surface area (Å²) >= 11 is 0. The molecule has 0 aromatic heterocycles. The molecule has 2 aliphatic rings. The maximum absolute atomic E-state index is 12.1. The molecule has 2 aliphatic heterocycles. The van der Waals surface area contributed by atoms with Gasteiger partial charge in [0, 0.05) is 24.7 Å². The first kappa shape index (κ1) is 15.7. The van der Waals surface area contributed by atoms with Crippen molar-refractivity contribution in [2.24, 2.45) is 5.73 Å². The number of carbonyl (C=O) groups excluding carboxylic acids is 1. The van der Waals surface area contributed by atoms with Gasteiger partial charge in [0.05, 0.1) is 18.1 Å². The van der Waals surface area contributed by atoms with Crippen molar-refractivity contribution >= 4 is 15.7 Å². The van der Waals surface area contributed by atoms with E-state index in [9.17, 15) is 13.2 Å². The predicted octanol–water partition coefficient (Wildman–Crippen LogP) is -0.509. The van der Waals surface area contributed by atoms with Crippen LogP contribution in [0.15, 0.2) is 0 Å². The fourth-order valence-electron chi connectivity index (χ4n) is 3.23. The van der Waals surface area contributed by atoms with Crippen molar-refractivity contribution < 1.29 is 13.2 Å². The highest BCUT2D eigenvalue weighted by Gasteiger charge is 2.31. The molecule has 0 radical (unpaired) electrons. The lowest BCUT2D eigenvalue weighted by Crippen LogP contribution is -2.53. The molecule has 3 atom stereocenters. The van der Waals surface area contributed by atoms with Gasteiger partial charge in [-0.05, 0) is 26.2 Å². The van der Waals surface area contributed by atoms with Crippen LogP contribution in [0, 0.1) is 0 Å². The second kappa shape index (κ2) is 6.41. The van der Waals surface area contributed by atoms with Gasteiger partial charge in [0.2, 0.25) is 5.91 Å². The Balaban J connectivity index is 1.87. The Morgan fingerprint density at radius 3 is 2.70 bits per heavy atom. The zero-order valence-electron chi connectivity index (χ0n) is 12.0. The number of nitrogens with one attached hydrogen (secondary N) is 1. The van der Waals surface area contributed by atoms with Gasteiger partial charge in [-0.1, -0.05) is 6.42 Å². The maximum atomic E-state index is 12.1. The molecule has 1 amide bonds. The fourth-order valence-corrected chi connectivity index (χ4v) is 4.90. The lowest BCUT2D eigenvalue weighted by molar-refractivity contribution is -0.124. The van der Waals surface area contributed by atoms with E-state index < -0.39 is 9.84 Å².